The molecule has 0 aliphatic carbocycles. The quantitative estimate of drug-likeness (QED) is 0.503. The molecule has 1 aliphatic rings. The maximum atomic E-state index is 12.5. The normalized spacial score (nSPS) is 29.3. The fourth-order valence-corrected chi connectivity index (χ4v) is 2.83. The number of benzene rings is 2. The van der Waals surface area contributed by atoms with Gasteiger partial charge in [0.25, 0.3) is 5.91 Å². The molecule has 132 valence electrons. The highest BCUT2D eigenvalue weighted by Crippen LogP contribution is 2.22. The zero-order valence-corrected chi connectivity index (χ0v) is 12.9. The highest BCUT2D eigenvalue weighted by Gasteiger charge is 2.47. The molecule has 0 bridgehead atoms. The lowest BCUT2D eigenvalue weighted by Gasteiger charge is -2.38. The van der Waals surface area contributed by atoms with Crippen molar-refractivity contribution in [3.05, 3.63) is 48.0 Å². The largest absolute Gasteiger partial charge is 0.479 e. The summed E-state index contributed by atoms with van der Waals surface area (Å²) >= 11 is 0. The Kier molecular flexibility index (Phi) is 4.69. The Bertz CT molecular complexity index is 803. The van der Waals surface area contributed by atoms with Crippen molar-refractivity contribution < 1.29 is 34.8 Å². The van der Waals surface area contributed by atoms with Gasteiger partial charge in [-0.15, -0.1) is 0 Å². The van der Waals surface area contributed by atoms with Gasteiger partial charge in [-0.3, -0.25) is 4.79 Å². The van der Waals surface area contributed by atoms with E-state index in [0.29, 0.717) is 10.9 Å². The number of aliphatic hydroxyl groups is 3. The first-order valence-electron chi connectivity index (χ1n) is 7.61. The molecular formula is C17H17NO7. The van der Waals surface area contributed by atoms with Gasteiger partial charge in [-0.1, -0.05) is 36.4 Å². The number of hydrogen-bond donors (Lipinski definition) is 5. The first-order chi connectivity index (χ1) is 11.9. The third-order valence-corrected chi connectivity index (χ3v) is 4.16. The van der Waals surface area contributed by atoms with E-state index >= 15 is 0 Å². The number of ether oxygens (including phenoxy) is 1. The Labute approximate surface area is 142 Å². The van der Waals surface area contributed by atoms with Gasteiger partial charge in [0.2, 0.25) is 0 Å². The van der Waals surface area contributed by atoms with Gasteiger partial charge in [-0.2, -0.15) is 0 Å². The summed E-state index contributed by atoms with van der Waals surface area (Å²) in [6.07, 6.45) is -8.50. The summed E-state index contributed by atoms with van der Waals surface area (Å²) in [5.74, 6) is -2.11. The van der Waals surface area contributed by atoms with Crippen LogP contribution in [-0.2, 0) is 9.53 Å². The molecule has 5 N–H and O–H groups in total. The van der Waals surface area contributed by atoms with Crippen molar-refractivity contribution in [2.45, 2.75) is 30.6 Å². The molecule has 5 atom stereocenters. The second-order valence-electron chi connectivity index (χ2n) is 5.79. The molecular weight excluding hydrogens is 330 g/mol. The SMILES string of the molecule is O=C(N[C@@H]1O[C@H](C(=O)O)[C@@H](O)[C@H](O)[C@H]1O)c1cccc2ccccc12. The van der Waals surface area contributed by atoms with Gasteiger partial charge in [-0.25, -0.2) is 4.79 Å². The zero-order valence-electron chi connectivity index (χ0n) is 12.9. The second kappa shape index (κ2) is 6.77. The van der Waals surface area contributed by atoms with Crippen molar-refractivity contribution in [2.75, 3.05) is 0 Å². The van der Waals surface area contributed by atoms with Crippen molar-refractivity contribution in [3.63, 3.8) is 0 Å². The number of aliphatic carboxylic acids is 1. The first-order valence-corrected chi connectivity index (χ1v) is 7.61. The zero-order chi connectivity index (χ0) is 18.1. The van der Waals surface area contributed by atoms with Crippen LogP contribution in [0.25, 0.3) is 10.8 Å². The molecule has 0 unspecified atom stereocenters. The number of rotatable bonds is 3. The van der Waals surface area contributed by atoms with E-state index in [4.69, 9.17) is 9.84 Å². The molecule has 0 saturated carbocycles. The Balaban J connectivity index is 1.85. The predicted molar refractivity (Wildman–Crippen MR) is 85.7 cm³/mol. The van der Waals surface area contributed by atoms with Crippen molar-refractivity contribution in [2.24, 2.45) is 0 Å². The number of carboxylic acid groups (broad SMARTS) is 1. The highest BCUT2D eigenvalue weighted by atomic mass is 16.6. The van der Waals surface area contributed by atoms with Crippen LogP contribution in [0, 0.1) is 0 Å². The summed E-state index contributed by atoms with van der Waals surface area (Å²) in [6, 6.07) is 12.3. The van der Waals surface area contributed by atoms with Crippen LogP contribution in [-0.4, -0.2) is 62.9 Å². The average molecular weight is 347 g/mol. The Morgan fingerprint density at radius 1 is 0.920 bits per heavy atom. The van der Waals surface area contributed by atoms with Gasteiger partial charge in [0, 0.05) is 5.56 Å². The maximum Gasteiger partial charge on any atom is 0.335 e. The number of aliphatic hydroxyl groups excluding tert-OH is 3. The minimum atomic E-state index is -1.81. The number of amides is 1. The van der Waals surface area contributed by atoms with Crippen LogP contribution in [0.5, 0.6) is 0 Å². The summed E-state index contributed by atoms with van der Waals surface area (Å²) in [5, 5.41) is 42.3. The molecule has 25 heavy (non-hydrogen) atoms. The summed E-state index contributed by atoms with van der Waals surface area (Å²) in [5.41, 5.74) is 0.307. The number of carbonyl (C=O) groups excluding carboxylic acids is 1. The average Bonchev–Trinajstić information content (AvgIpc) is 2.61. The lowest BCUT2D eigenvalue weighted by Crippen LogP contribution is -2.64. The van der Waals surface area contributed by atoms with Crippen LogP contribution in [0.4, 0.5) is 0 Å². The van der Waals surface area contributed by atoms with E-state index in [2.05, 4.69) is 5.32 Å². The van der Waals surface area contributed by atoms with Crippen molar-refractivity contribution >= 4 is 22.6 Å². The van der Waals surface area contributed by atoms with Gasteiger partial charge in [0.05, 0.1) is 0 Å². The van der Waals surface area contributed by atoms with Gasteiger partial charge in [-0.05, 0) is 16.8 Å². The van der Waals surface area contributed by atoms with Crippen LogP contribution in [0.15, 0.2) is 42.5 Å². The number of hydrogen-bond acceptors (Lipinski definition) is 6. The molecule has 0 aromatic heterocycles. The molecule has 1 amide bonds. The van der Waals surface area contributed by atoms with Crippen molar-refractivity contribution in [3.8, 4) is 0 Å². The summed E-state index contributed by atoms with van der Waals surface area (Å²) in [6.45, 7) is 0. The topological polar surface area (TPSA) is 136 Å². The molecule has 1 heterocycles. The molecule has 1 fully saturated rings. The molecule has 8 nitrogen and oxygen atoms in total. The maximum absolute atomic E-state index is 12.5. The van der Waals surface area contributed by atoms with E-state index in [-0.39, 0.29) is 0 Å². The molecule has 8 heteroatoms. The van der Waals surface area contributed by atoms with Gasteiger partial charge in [0.1, 0.15) is 18.3 Å². The van der Waals surface area contributed by atoms with E-state index < -0.39 is 42.5 Å². The van der Waals surface area contributed by atoms with Gasteiger partial charge < -0.3 is 30.5 Å². The van der Waals surface area contributed by atoms with Gasteiger partial charge >= 0.3 is 5.97 Å². The van der Waals surface area contributed by atoms with Crippen molar-refractivity contribution in [1.29, 1.82) is 0 Å². The Morgan fingerprint density at radius 3 is 2.32 bits per heavy atom. The molecule has 2 aromatic carbocycles. The van der Waals surface area contributed by atoms with Gasteiger partial charge in [0.15, 0.2) is 12.3 Å². The number of carboxylic acids is 1. The first kappa shape index (κ1) is 17.3. The molecule has 3 rings (SSSR count). The highest BCUT2D eigenvalue weighted by molar-refractivity contribution is 6.07. The van der Waals surface area contributed by atoms with Crippen LogP contribution >= 0.6 is 0 Å². The lowest BCUT2D eigenvalue weighted by molar-refractivity contribution is -0.231. The standard InChI is InChI=1S/C17H17NO7/c19-11-12(20)14(17(23)24)25-16(13(11)21)18-15(22)10-7-3-5-8-4-1-2-6-9(8)10/h1-7,11-14,16,19-21H,(H,18,22)(H,23,24)/t11-,12-,13+,14-,16+/m0/s1. The van der Waals surface area contributed by atoms with E-state index in [0.717, 1.165) is 5.39 Å². The number of fused-ring (bicyclic) bond motifs is 1. The minimum Gasteiger partial charge on any atom is -0.479 e. The molecule has 1 saturated heterocycles. The van der Waals surface area contributed by atoms with E-state index in [9.17, 15) is 24.9 Å². The third-order valence-electron chi connectivity index (χ3n) is 4.16. The second-order valence-corrected chi connectivity index (χ2v) is 5.79. The minimum absolute atomic E-state index is 0.307. The Hall–Kier alpha value is -2.52. The van der Waals surface area contributed by atoms with Crippen LogP contribution < -0.4 is 5.32 Å². The lowest BCUT2D eigenvalue weighted by atomic mass is 9.97. The smallest absolute Gasteiger partial charge is 0.335 e. The van der Waals surface area contributed by atoms with Crippen LogP contribution in [0.3, 0.4) is 0 Å². The molecule has 1 aliphatic heterocycles. The summed E-state index contributed by atoms with van der Waals surface area (Å²) in [7, 11) is 0. The van der Waals surface area contributed by atoms with Crippen LogP contribution in [0.2, 0.25) is 0 Å². The predicted octanol–water partition coefficient (Wildman–Crippen LogP) is -0.538. The Morgan fingerprint density at radius 2 is 1.60 bits per heavy atom. The molecule has 0 radical (unpaired) electrons. The monoisotopic (exact) mass is 347 g/mol. The van der Waals surface area contributed by atoms with Crippen LogP contribution in [0.1, 0.15) is 10.4 Å². The van der Waals surface area contributed by atoms with Crippen molar-refractivity contribution in [1.82, 2.24) is 5.32 Å². The molecule has 0 spiro atoms. The fraction of sp³-hybridized carbons (Fsp3) is 0.294. The number of nitrogens with one attached hydrogen (secondary N) is 1. The third kappa shape index (κ3) is 3.20. The summed E-state index contributed by atoms with van der Waals surface area (Å²) < 4.78 is 5.06. The number of carbonyl (C=O) groups is 2. The summed E-state index contributed by atoms with van der Waals surface area (Å²) in [4.78, 5) is 23.6. The van der Waals surface area contributed by atoms with E-state index in [1.54, 1.807) is 24.3 Å². The van der Waals surface area contributed by atoms with E-state index in [1.807, 2.05) is 18.2 Å². The van der Waals surface area contributed by atoms with E-state index in [1.165, 1.54) is 0 Å². The molecule has 2 aromatic rings. The fourth-order valence-electron chi connectivity index (χ4n) is 2.83.